The number of rotatable bonds is 6. The molecular weight excluding hydrogens is 755 g/mol. The Morgan fingerprint density at radius 1 is 0.387 bits per heavy atom. The van der Waals surface area contributed by atoms with Crippen LogP contribution in [-0.4, -0.2) is 15.0 Å². The van der Waals surface area contributed by atoms with Gasteiger partial charge in [-0.05, 0) is 110 Å². The SMILES string of the molecule is c1ccc(-c2cccc(-c3nc(-c4cccc(-c5ccccc5)c4)nc(-c4cc(C5CCc6cc7ccccc7cc6-c6ccccc65)cc5oc6ccccc6c45)n3)c2)cc1. The average Bonchev–Trinajstić information content (AvgIpc) is 3.65. The topological polar surface area (TPSA) is 51.8 Å². The first-order chi connectivity index (χ1) is 30.7. The quantitative estimate of drug-likeness (QED) is 0.168. The zero-order valence-electron chi connectivity index (χ0n) is 33.9. The second kappa shape index (κ2) is 14.9. The average molecular weight is 794 g/mol. The number of hydrogen-bond acceptors (Lipinski definition) is 4. The van der Waals surface area contributed by atoms with Crippen molar-refractivity contribution in [1.29, 1.82) is 0 Å². The van der Waals surface area contributed by atoms with Crippen molar-refractivity contribution < 1.29 is 4.42 Å². The number of fused-ring (bicyclic) bond motifs is 7. The van der Waals surface area contributed by atoms with Gasteiger partial charge in [0.2, 0.25) is 0 Å². The summed E-state index contributed by atoms with van der Waals surface area (Å²) >= 11 is 0. The van der Waals surface area contributed by atoms with Crippen molar-refractivity contribution in [2.24, 2.45) is 0 Å². The molecule has 12 rings (SSSR count). The molecule has 4 nitrogen and oxygen atoms in total. The molecule has 0 bridgehead atoms. The third-order valence-electron chi connectivity index (χ3n) is 12.5. The lowest BCUT2D eigenvalue weighted by Crippen LogP contribution is -2.04. The molecule has 4 heteroatoms. The lowest BCUT2D eigenvalue weighted by atomic mass is 9.84. The predicted molar refractivity (Wildman–Crippen MR) is 254 cm³/mol. The van der Waals surface area contributed by atoms with Gasteiger partial charge in [0.05, 0.1) is 0 Å². The molecule has 0 saturated carbocycles. The van der Waals surface area contributed by atoms with Crippen LogP contribution in [0.4, 0.5) is 0 Å². The molecule has 2 aromatic heterocycles. The molecule has 1 aliphatic carbocycles. The highest BCUT2D eigenvalue weighted by atomic mass is 16.3. The first-order valence-electron chi connectivity index (χ1n) is 21.3. The number of furan rings is 1. The fourth-order valence-electron chi connectivity index (χ4n) is 9.54. The summed E-state index contributed by atoms with van der Waals surface area (Å²) in [7, 11) is 0. The van der Waals surface area contributed by atoms with Gasteiger partial charge in [0.15, 0.2) is 17.5 Å². The molecule has 1 atom stereocenters. The largest absolute Gasteiger partial charge is 0.456 e. The Morgan fingerprint density at radius 3 is 1.66 bits per heavy atom. The van der Waals surface area contributed by atoms with Gasteiger partial charge in [-0.15, -0.1) is 0 Å². The van der Waals surface area contributed by atoms with Gasteiger partial charge < -0.3 is 4.42 Å². The van der Waals surface area contributed by atoms with Gasteiger partial charge in [-0.25, -0.2) is 15.0 Å². The van der Waals surface area contributed by atoms with E-state index in [2.05, 4.69) is 188 Å². The maximum Gasteiger partial charge on any atom is 0.164 e. The Morgan fingerprint density at radius 2 is 0.952 bits per heavy atom. The summed E-state index contributed by atoms with van der Waals surface area (Å²) in [6, 6.07) is 73.3. The van der Waals surface area contributed by atoms with E-state index in [0.717, 1.165) is 73.7 Å². The number of para-hydroxylation sites is 1. The van der Waals surface area contributed by atoms with Crippen molar-refractivity contribution in [3.8, 4) is 67.5 Å². The molecule has 1 unspecified atom stereocenters. The summed E-state index contributed by atoms with van der Waals surface area (Å²) in [5.41, 5.74) is 15.4. The van der Waals surface area contributed by atoms with Crippen molar-refractivity contribution in [2.45, 2.75) is 18.8 Å². The van der Waals surface area contributed by atoms with Crippen LogP contribution < -0.4 is 0 Å². The van der Waals surface area contributed by atoms with Gasteiger partial charge >= 0.3 is 0 Å². The van der Waals surface area contributed by atoms with Crippen molar-refractivity contribution in [2.75, 3.05) is 0 Å². The molecule has 0 radical (unpaired) electrons. The summed E-state index contributed by atoms with van der Waals surface area (Å²) in [6.45, 7) is 0. The summed E-state index contributed by atoms with van der Waals surface area (Å²) in [5, 5.41) is 4.57. The summed E-state index contributed by atoms with van der Waals surface area (Å²) in [5.74, 6) is 1.93. The van der Waals surface area contributed by atoms with Crippen LogP contribution in [0.25, 0.3) is 100 Å². The van der Waals surface area contributed by atoms with Crippen LogP contribution in [0.3, 0.4) is 0 Å². The Kier molecular flexibility index (Phi) is 8.67. The first-order valence-corrected chi connectivity index (χ1v) is 21.3. The maximum atomic E-state index is 6.77. The molecule has 1 aliphatic rings. The molecule has 0 amide bonds. The van der Waals surface area contributed by atoms with Crippen LogP contribution in [0.1, 0.15) is 29.0 Å². The van der Waals surface area contributed by atoms with E-state index in [9.17, 15) is 0 Å². The number of nitrogens with zero attached hydrogens (tertiary/aromatic N) is 3. The van der Waals surface area contributed by atoms with Gasteiger partial charge in [0.25, 0.3) is 0 Å². The summed E-state index contributed by atoms with van der Waals surface area (Å²) in [6.07, 6.45) is 1.89. The molecule has 62 heavy (non-hydrogen) atoms. The lowest BCUT2D eigenvalue weighted by Gasteiger charge is -2.20. The van der Waals surface area contributed by atoms with Gasteiger partial charge in [0, 0.05) is 33.4 Å². The van der Waals surface area contributed by atoms with Crippen LogP contribution in [0.2, 0.25) is 0 Å². The molecule has 11 aromatic rings. The van der Waals surface area contributed by atoms with Crippen LogP contribution in [0.5, 0.6) is 0 Å². The molecule has 0 fully saturated rings. The highest BCUT2D eigenvalue weighted by Gasteiger charge is 2.27. The molecule has 9 aromatic carbocycles. The Bertz CT molecular complexity index is 3380. The van der Waals surface area contributed by atoms with Gasteiger partial charge in [-0.3, -0.25) is 0 Å². The normalized spacial score (nSPS) is 13.5. The van der Waals surface area contributed by atoms with Crippen LogP contribution >= 0.6 is 0 Å². The molecule has 0 aliphatic heterocycles. The maximum absolute atomic E-state index is 6.77. The summed E-state index contributed by atoms with van der Waals surface area (Å²) < 4.78 is 6.77. The predicted octanol–water partition coefficient (Wildman–Crippen LogP) is 15.0. The zero-order valence-corrected chi connectivity index (χ0v) is 33.9. The molecule has 0 spiro atoms. The Balaban J connectivity index is 1.08. The van der Waals surface area contributed by atoms with E-state index in [1.165, 1.54) is 38.6 Å². The molecule has 292 valence electrons. The number of aryl methyl sites for hydroxylation is 1. The lowest BCUT2D eigenvalue weighted by molar-refractivity contribution is 0.665. The van der Waals surface area contributed by atoms with E-state index in [4.69, 9.17) is 19.4 Å². The van der Waals surface area contributed by atoms with Crippen molar-refractivity contribution >= 4 is 32.7 Å². The Labute approximate surface area is 359 Å². The van der Waals surface area contributed by atoms with E-state index in [1.54, 1.807) is 0 Å². The monoisotopic (exact) mass is 793 g/mol. The van der Waals surface area contributed by atoms with E-state index in [1.807, 2.05) is 18.2 Å². The van der Waals surface area contributed by atoms with E-state index in [0.29, 0.717) is 17.5 Å². The Hall–Kier alpha value is -7.95. The molecule has 0 N–H and O–H groups in total. The van der Waals surface area contributed by atoms with Crippen LogP contribution in [0, 0.1) is 0 Å². The first kappa shape index (κ1) is 35.9. The van der Waals surface area contributed by atoms with E-state index < -0.39 is 0 Å². The van der Waals surface area contributed by atoms with Gasteiger partial charge in [0.1, 0.15) is 11.2 Å². The minimum Gasteiger partial charge on any atom is -0.456 e. The molecular formula is C58H39N3O. The second-order valence-corrected chi connectivity index (χ2v) is 16.3. The van der Waals surface area contributed by atoms with E-state index in [-0.39, 0.29) is 5.92 Å². The molecule has 0 saturated heterocycles. The third-order valence-corrected chi connectivity index (χ3v) is 12.5. The van der Waals surface area contributed by atoms with E-state index >= 15 is 0 Å². The van der Waals surface area contributed by atoms with Gasteiger partial charge in [-0.2, -0.15) is 0 Å². The fraction of sp³-hybridized carbons (Fsp3) is 0.0517. The molecule has 2 heterocycles. The van der Waals surface area contributed by atoms with Crippen molar-refractivity contribution in [3.63, 3.8) is 0 Å². The van der Waals surface area contributed by atoms with Crippen molar-refractivity contribution in [3.05, 3.63) is 223 Å². The third kappa shape index (κ3) is 6.36. The van der Waals surface area contributed by atoms with Crippen LogP contribution in [0.15, 0.2) is 211 Å². The summed E-state index contributed by atoms with van der Waals surface area (Å²) in [4.78, 5) is 16.1. The number of hydrogen-bond donors (Lipinski definition) is 0. The zero-order chi connectivity index (χ0) is 41.0. The highest BCUT2D eigenvalue weighted by molar-refractivity contribution is 6.12. The standard InChI is InChI=1S/C58H39N3O/c1-3-15-37(16-4-1)39-21-13-23-44(32-39)56-59-57(45-24-14-22-40(33-45)38-17-5-2-6-18-38)61-58(60-56)52-35-46(36-54-55(52)50-27-11-12-28-53(50)62-54)47-30-29-43-31-41-19-7-8-20-42(41)34-51(43)49-26-10-9-25-48(47)49/h1-28,31-36,47H,29-30H2. The smallest absolute Gasteiger partial charge is 0.164 e. The van der Waals surface area contributed by atoms with Crippen LogP contribution in [-0.2, 0) is 6.42 Å². The number of benzene rings is 9. The second-order valence-electron chi connectivity index (χ2n) is 16.3. The van der Waals surface area contributed by atoms with Gasteiger partial charge in [-0.1, -0.05) is 170 Å². The highest BCUT2D eigenvalue weighted by Crippen LogP contribution is 2.46. The minimum atomic E-state index is 0.101. The van der Waals surface area contributed by atoms with Crippen molar-refractivity contribution in [1.82, 2.24) is 15.0 Å². The minimum absolute atomic E-state index is 0.101. The number of aromatic nitrogens is 3. The fourth-order valence-corrected chi connectivity index (χ4v) is 9.54.